The number of sulfonamides is 1. The molecule has 1 aromatic heterocycles. The van der Waals surface area contributed by atoms with E-state index in [1.54, 1.807) is 6.92 Å². The average Bonchev–Trinajstić information content (AvgIpc) is 2.59. The number of hydrogen-bond acceptors (Lipinski definition) is 5. The van der Waals surface area contributed by atoms with Crippen LogP contribution in [-0.4, -0.2) is 31.0 Å². The number of aromatic nitrogens is 1. The van der Waals surface area contributed by atoms with Gasteiger partial charge in [0.05, 0.1) is 0 Å². The summed E-state index contributed by atoms with van der Waals surface area (Å²) in [5.74, 6) is 0.571. The lowest BCUT2D eigenvalue weighted by molar-refractivity contribution is 0.281. The molecule has 2 heterocycles. The summed E-state index contributed by atoms with van der Waals surface area (Å²) >= 11 is 0. The number of nitrogens with zero attached hydrogens (tertiary/aromatic N) is 2. The lowest BCUT2D eigenvalue weighted by atomic mass is 10.0. The van der Waals surface area contributed by atoms with E-state index in [9.17, 15) is 8.42 Å². The third-order valence-electron chi connectivity index (χ3n) is 3.05. The molecule has 0 spiro atoms. The van der Waals surface area contributed by atoms with Crippen LogP contribution in [0, 0.1) is 12.8 Å². The molecule has 7 heteroatoms. The van der Waals surface area contributed by atoms with Crippen LogP contribution >= 0.6 is 0 Å². The zero-order valence-electron chi connectivity index (χ0n) is 10.0. The van der Waals surface area contributed by atoms with Crippen LogP contribution in [0.2, 0.25) is 0 Å². The normalized spacial score (nSPS) is 22.8. The van der Waals surface area contributed by atoms with Crippen molar-refractivity contribution in [1.82, 2.24) is 9.46 Å². The minimum Gasteiger partial charge on any atom is -0.380 e. The molecule has 0 unspecified atom stereocenters. The molecule has 1 atom stereocenters. The topological polar surface area (TPSA) is 89.4 Å². The quantitative estimate of drug-likeness (QED) is 0.855. The van der Waals surface area contributed by atoms with Crippen molar-refractivity contribution in [2.24, 2.45) is 5.92 Å². The summed E-state index contributed by atoms with van der Waals surface area (Å²) in [6, 6.07) is 0. The first kappa shape index (κ1) is 12.4. The SMILES string of the molecule is Cc1onc(N)c1S(=O)(=O)N1CCC[C@@H](C)C1. The minimum absolute atomic E-state index is 0.0200. The highest BCUT2D eigenvalue weighted by Crippen LogP contribution is 2.28. The van der Waals surface area contributed by atoms with E-state index in [4.69, 9.17) is 10.3 Å². The minimum atomic E-state index is -3.56. The van der Waals surface area contributed by atoms with Gasteiger partial charge < -0.3 is 10.3 Å². The van der Waals surface area contributed by atoms with Gasteiger partial charge in [0.2, 0.25) is 10.0 Å². The second-order valence-electron chi connectivity index (χ2n) is 4.56. The number of piperidine rings is 1. The van der Waals surface area contributed by atoms with Gasteiger partial charge in [-0.25, -0.2) is 8.42 Å². The number of hydrogen-bond donors (Lipinski definition) is 1. The molecule has 17 heavy (non-hydrogen) atoms. The zero-order valence-corrected chi connectivity index (χ0v) is 10.8. The monoisotopic (exact) mass is 259 g/mol. The molecule has 0 aliphatic carbocycles. The van der Waals surface area contributed by atoms with E-state index in [-0.39, 0.29) is 16.5 Å². The van der Waals surface area contributed by atoms with Crippen LogP contribution in [0.5, 0.6) is 0 Å². The Morgan fingerprint density at radius 1 is 1.53 bits per heavy atom. The highest BCUT2D eigenvalue weighted by atomic mass is 32.2. The van der Waals surface area contributed by atoms with E-state index in [0.29, 0.717) is 19.0 Å². The van der Waals surface area contributed by atoms with Gasteiger partial charge >= 0.3 is 0 Å². The predicted octanol–water partition coefficient (Wildman–Crippen LogP) is 0.986. The number of nitrogen functional groups attached to an aromatic ring is 1. The number of aryl methyl sites for hydroxylation is 1. The summed E-state index contributed by atoms with van der Waals surface area (Å²) in [5.41, 5.74) is 5.56. The van der Waals surface area contributed by atoms with Gasteiger partial charge in [-0.15, -0.1) is 0 Å². The largest absolute Gasteiger partial charge is 0.380 e. The fourth-order valence-corrected chi connectivity index (χ4v) is 3.97. The first-order chi connectivity index (χ1) is 7.93. The molecular formula is C10H17N3O3S. The highest BCUT2D eigenvalue weighted by molar-refractivity contribution is 7.89. The molecule has 1 saturated heterocycles. The van der Waals surface area contributed by atoms with Crippen LogP contribution in [0.1, 0.15) is 25.5 Å². The second-order valence-corrected chi connectivity index (χ2v) is 6.44. The van der Waals surface area contributed by atoms with Crippen molar-refractivity contribution < 1.29 is 12.9 Å². The van der Waals surface area contributed by atoms with Crippen LogP contribution in [-0.2, 0) is 10.0 Å². The first-order valence-electron chi connectivity index (χ1n) is 5.65. The molecule has 2 N–H and O–H groups in total. The molecule has 0 aromatic carbocycles. The summed E-state index contributed by atoms with van der Waals surface area (Å²) < 4.78 is 31.1. The molecule has 1 fully saturated rings. The van der Waals surface area contributed by atoms with Crippen LogP contribution < -0.4 is 5.73 Å². The van der Waals surface area contributed by atoms with Crippen LogP contribution in [0.15, 0.2) is 9.42 Å². The van der Waals surface area contributed by atoms with Gasteiger partial charge in [-0.1, -0.05) is 12.1 Å². The Morgan fingerprint density at radius 3 is 2.76 bits per heavy atom. The number of rotatable bonds is 2. The van der Waals surface area contributed by atoms with Gasteiger partial charge in [-0.05, 0) is 25.7 Å². The lowest BCUT2D eigenvalue weighted by Crippen LogP contribution is -2.39. The highest BCUT2D eigenvalue weighted by Gasteiger charge is 2.33. The predicted molar refractivity (Wildman–Crippen MR) is 62.8 cm³/mol. The third-order valence-corrected chi connectivity index (χ3v) is 5.07. The summed E-state index contributed by atoms with van der Waals surface area (Å²) in [5, 5.41) is 3.49. The Balaban J connectivity index is 2.36. The molecule has 1 aromatic rings. The van der Waals surface area contributed by atoms with Crippen LogP contribution in [0.25, 0.3) is 0 Å². The molecule has 0 bridgehead atoms. The maximum absolute atomic E-state index is 12.4. The van der Waals surface area contributed by atoms with Crippen molar-refractivity contribution >= 4 is 15.8 Å². The van der Waals surface area contributed by atoms with Crippen molar-refractivity contribution in [3.63, 3.8) is 0 Å². The van der Waals surface area contributed by atoms with Gasteiger partial charge in [0.25, 0.3) is 0 Å². The van der Waals surface area contributed by atoms with E-state index in [1.807, 2.05) is 6.92 Å². The fraction of sp³-hybridized carbons (Fsp3) is 0.700. The molecule has 6 nitrogen and oxygen atoms in total. The molecule has 2 rings (SSSR count). The first-order valence-corrected chi connectivity index (χ1v) is 7.09. The molecule has 0 saturated carbocycles. The molecule has 96 valence electrons. The van der Waals surface area contributed by atoms with Gasteiger partial charge in [-0.2, -0.15) is 4.31 Å². The maximum atomic E-state index is 12.4. The maximum Gasteiger partial charge on any atom is 0.250 e. The van der Waals surface area contributed by atoms with Crippen molar-refractivity contribution in [2.45, 2.75) is 31.6 Å². The Labute approximate surface area is 101 Å². The van der Waals surface area contributed by atoms with Crippen molar-refractivity contribution in [2.75, 3.05) is 18.8 Å². The van der Waals surface area contributed by atoms with E-state index < -0.39 is 10.0 Å². The zero-order chi connectivity index (χ0) is 12.6. The van der Waals surface area contributed by atoms with Crippen LogP contribution in [0.4, 0.5) is 5.82 Å². The van der Waals surface area contributed by atoms with Crippen molar-refractivity contribution in [1.29, 1.82) is 0 Å². The third kappa shape index (κ3) is 2.16. The van der Waals surface area contributed by atoms with E-state index >= 15 is 0 Å². The average molecular weight is 259 g/mol. The Bertz CT molecular complexity index is 489. The molecular weight excluding hydrogens is 242 g/mol. The van der Waals surface area contributed by atoms with Gasteiger partial charge in [0.15, 0.2) is 16.5 Å². The number of anilines is 1. The van der Waals surface area contributed by atoms with E-state index in [2.05, 4.69) is 5.16 Å². The molecule has 0 radical (unpaired) electrons. The van der Waals surface area contributed by atoms with Crippen molar-refractivity contribution in [3.05, 3.63) is 5.76 Å². The lowest BCUT2D eigenvalue weighted by Gasteiger charge is -2.29. The summed E-state index contributed by atoms with van der Waals surface area (Å²) in [6.45, 7) is 4.68. The summed E-state index contributed by atoms with van der Waals surface area (Å²) in [4.78, 5) is 0.0200. The van der Waals surface area contributed by atoms with Crippen molar-refractivity contribution in [3.8, 4) is 0 Å². The Hall–Kier alpha value is -1.08. The van der Waals surface area contributed by atoms with Gasteiger partial charge in [0.1, 0.15) is 0 Å². The fourth-order valence-electron chi connectivity index (χ4n) is 2.19. The van der Waals surface area contributed by atoms with Gasteiger partial charge in [-0.3, -0.25) is 0 Å². The second kappa shape index (κ2) is 4.30. The van der Waals surface area contributed by atoms with Gasteiger partial charge in [0, 0.05) is 13.1 Å². The summed E-state index contributed by atoms with van der Waals surface area (Å²) in [6.07, 6.45) is 1.94. The molecule has 0 amide bonds. The smallest absolute Gasteiger partial charge is 0.250 e. The Kier molecular flexibility index (Phi) is 3.13. The standard InChI is InChI=1S/C10H17N3O3S/c1-7-4-3-5-13(6-7)17(14,15)9-8(2)16-12-10(9)11/h7H,3-6H2,1-2H3,(H2,11,12)/t7-/m1/s1. The Morgan fingerprint density at radius 2 is 2.24 bits per heavy atom. The van der Waals surface area contributed by atoms with E-state index in [1.165, 1.54) is 4.31 Å². The number of nitrogens with two attached hydrogens (primary N) is 1. The summed E-state index contributed by atoms with van der Waals surface area (Å²) in [7, 11) is -3.56. The van der Waals surface area contributed by atoms with Crippen LogP contribution in [0.3, 0.4) is 0 Å². The molecule has 1 aliphatic heterocycles. The van der Waals surface area contributed by atoms with E-state index in [0.717, 1.165) is 12.8 Å². The molecule has 1 aliphatic rings.